The van der Waals surface area contributed by atoms with Gasteiger partial charge in [0.15, 0.2) is 6.10 Å². The first kappa shape index (κ1) is 19.3. The van der Waals surface area contributed by atoms with Crippen LogP contribution < -0.4 is 10.1 Å². The molecule has 146 valence electrons. The van der Waals surface area contributed by atoms with Gasteiger partial charge in [-0.15, -0.1) is 0 Å². The predicted molar refractivity (Wildman–Crippen MR) is 99.6 cm³/mol. The molecule has 0 aliphatic rings. The fourth-order valence-corrected chi connectivity index (χ4v) is 2.82. The summed E-state index contributed by atoms with van der Waals surface area (Å²) < 4.78 is 34.6. The van der Waals surface area contributed by atoms with Crippen molar-refractivity contribution in [3.63, 3.8) is 0 Å². The summed E-state index contributed by atoms with van der Waals surface area (Å²) in [6.07, 6.45) is -1.15. The van der Waals surface area contributed by atoms with Gasteiger partial charge in [-0.25, -0.2) is 4.79 Å². The third kappa shape index (κ3) is 4.11. The number of anilines is 1. The van der Waals surface area contributed by atoms with E-state index in [1.54, 1.807) is 25.1 Å². The highest BCUT2D eigenvalue weighted by Gasteiger charge is 2.24. The van der Waals surface area contributed by atoms with Crippen LogP contribution in [0.15, 0.2) is 48.5 Å². The number of benzene rings is 2. The number of ether oxygens (including phenoxy) is 2. The molecule has 1 unspecified atom stereocenters. The standard InChI is InChI=1S/C20H18F2N2O4/c1-11-17(13-7-3-4-8-14(13)23-11)19(26)27-12(2)18(25)24-15-9-5-6-10-16(15)28-20(21)22/h3-10,12,20,23H,1-2H3,(H,24,25). The zero-order valence-corrected chi connectivity index (χ0v) is 15.2. The number of fused-ring (bicyclic) bond motifs is 1. The van der Waals surface area contributed by atoms with Crippen LogP contribution in [0.25, 0.3) is 10.9 Å². The molecule has 0 bridgehead atoms. The maximum absolute atomic E-state index is 12.6. The number of aromatic amines is 1. The molecule has 2 N–H and O–H groups in total. The Balaban J connectivity index is 1.72. The zero-order valence-electron chi connectivity index (χ0n) is 15.2. The van der Waals surface area contributed by atoms with Crippen molar-refractivity contribution in [2.75, 3.05) is 5.32 Å². The number of carbonyl (C=O) groups is 2. The largest absolute Gasteiger partial charge is 0.449 e. The molecule has 0 spiro atoms. The molecule has 3 aromatic rings. The topological polar surface area (TPSA) is 80.4 Å². The van der Waals surface area contributed by atoms with E-state index >= 15 is 0 Å². The monoisotopic (exact) mass is 388 g/mol. The number of hydrogen-bond donors (Lipinski definition) is 2. The number of para-hydroxylation sites is 3. The Morgan fingerprint density at radius 1 is 1.07 bits per heavy atom. The fraction of sp³-hybridized carbons (Fsp3) is 0.200. The number of alkyl halides is 2. The molecule has 0 fully saturated rings. The molecule has 0 saturated carbocycles. The summed E-state index contributed by atoms with van der Waals surface area (Å²) in [7, 11) is 0. The summed E-state index contributed by atoms with van der Waals surface area (Å²) in [4.78, 5) is 28.0. The maximum Gasteiger partial charge on any atom is 0.387 e. The van der Waals surface area contributed by atoms with Gasteiger partial charge in [0.2, 0.25) is 0 Å². The highest BCUT2D eigenvalue weighted by Crippen LogP contribution is 2.26. The normalized spacial score (nSPS) is 12.0. The van der Waals surface area contributed by atoms with Crippen molar-refractivity contribution < 1.29 is 27.8 Å². The second-order valence-corrected chi connectivity index (χ2v) is 6.08. The summed E-state index contributed by atoms with van der Waals surface area (Å²) in [6.45, 7) is 0.103. The highest BCUT2D eigenvalue weighted by molar-refractivity contribution is 6.06. The van der Waals surface area contributed by atoms with E-state index in [1.165, 1.54) is 25.1 Å². The quantitative estimate of drug-likeness (QED) is 0.619. The van der Waals surface area contributed by atoms with E-state index in [-0.39, 0.29) is 11.4 Å². The molecule has 0 aliphatic heterocycles. The second kappa shape index (κ2) is 8.08. The van der Waals surface area contributed by atoms with Gasteiger partial charge in [0, 0.05) is 16.6 Å². The van der Waals surface area contributed by atoms with E-state index in [2.05, 4.69) is 15.0 Å². The van der Waals surface area contributed by atoms with Gasteiger partial charge in [-0.05, 0) is 32.0 Å². The van der Waals surface area contributed by atoms with Gasteiger partial charge in [0.25, 0.3) is 5.91 Å². The number of aromatic nitrogens is 1. The van der Waals surface area contributed by atoms with Gasteiger partial charge in [0.05, 0.1) is 11.3 Å². The number of halogens is 2. The summed E-state index contributed by atoms with van der Waals surface area (Å²) in [5.74, 6) is -1.51. The Bertz CT molecular complexity index is 1020. The average molecular weight is 388 g/mol. The predicted octanol–water partition coefficient (Wildman–Crippen LogP) is 4.26. The minimum absolute atomic E-state index is 0.0546. The average Bonchev–Trinajstić information content (AvgIpc) is 2.98. The lowest BCUT2D eigenvalue weighted by Gasteiger charge is -2.16. The lowest BCUT2D eigenvalue weighted by molar-refractivity contribution is -0.123. The Morgan fingerprint density at radius 3 is 2.50 bits per heavy atom. The van der Waals surface area contributed by atoms with Gasteiger partial charge in [-0.1, -0.05) is 30.3 Å². The number of esters is 1. The van der Waals surface area contributed by atoms with E-state index in [0.717, 1.165) is 5.52 Å². The Labute approximate surface area is 159 Å². The van der Waals surface area contributed by atoms with E-state index in [4.69, 9.17) is 4.74 Å². The first-order valence-corrected chi connectivity index (χ1v) is 8.50. The van der Waals surface area contributed by atoms with Crippen LogP contribution in [0.3, 0.4) is 0 Å². The Kier molecular flexibility index (Phi) is 5.58. The van der Waals surface area contributed by atoms with Crippen molar-refractivity contribution in [1.82, 2.24) is 4.98 Å². The first-order valence-electron chi connectivity index (χ1n) is 8.50. The van der Waals surface area contributed by atoms with Crippen LogP contribution in [0.2, 0.25) is 0 Å². The minimum atomic E-state index is -3.03. The second-order valence-electron chi connectivity index (χ2n) is 6.08. The van der Waals surface area contributed by atoms with E-state index in [9.17, 15) is 18.4 Å². The summed E-state index contributed by atoms with van der Waals surface area (Å²) in [6, 6.07) is 13.0. The zero-order chi connectivity index (χ0) is 20.3. The Hall–Kier alpha value is -3.42. The van der Waals surface area contributed by atoms with E-state index in [0.29, 0.717) is 16.6 Å². The summed E-state index contributed by atoms with van der Waals surface area (Å²) >= 11 is 0. The lowest BCUT2D eigenvalue weighted by atomic mass is 10.1. The molecule has 1 atom stereocenters. The van der Waals surface area contributed by atoms with Crippen molar-refractivity contribution >= 4 is 28.5 Å². The number of rotatable bonds is 6. The van der Waals surface area contributed by atoms with Crippen molar-refractivity contribution in [1.29, 1.82) is 0 Å². The minimum Gasteiger partial charge on any atom is -0.449 e. The van der Waals surface area contributed by atoms with Crippen LogP contribution in [-0.4, -0.2) is 29.6 Å². The first-order chi connectivity index (χ1) is 13.4. The van der Waals surface area contributed by atoms with Crippen molar-refractivity contribution in [3.8, 4) is 5.75 Å². The van der Waals surface area contributed by atoms with Gasteiger partial charge >= 0.3 is 12.6 Å². The van der Waals surface area contributed by atoms with Crippen LogP contribution in [0.1, 0.15) is 23.0 Å². The van der Waals surface area contributed by atoms with Gasteiger partial charge in [-0.3, -0.25) is 4.79 Å². The van der Waals surface area contributed by atoms with Crippen LogP contribution in [0, 0.1) is 6.92 Å². The third-order valence-corrected chi connectivity index (χ3v) is 4.11. The number of H-pyrrole nitrogens is 1. The van der Waals surface area contributed by atoms with Crippen molar-refractivity contribution in [3.05, 3.63) is 59.8 Å². The molecule has 1 aromatic heterocycles. The van der Waals surface area contributed by atoms with Crippen LogP contribution in [0.5, 0.6) is 5.75 Å². The molecule has 0 aliphatic carbocycles. The molecule has 8 heteroatoms. The molecule has 1 heterocycles. The van der Waals surface area contributed by atoms with Crippen LogP contribution in [-0.2, 0) is 9.53 Å². The SMILES string of the molecule is Cc1[nH]c2ccccc2c1C(=O)OC(C)C(=O)Nc1ccccc1OC(F)F. The molecule has 6 nitrogen and oxygen atoms in total. The smallest absolute Gasteiger partial charge is 0.387 e. The highest BCUT2D eigenvalue weighted by atomic mass is 19.3. The maximum atomic E-state index is 12.6. The van der Waals surface area contributed by atoms with Gasteiger partial charge in [-0.2, -0.15) is 8.78 Å². The molecule has 0 saturated heterocycles. The number of nitrogens with one attached hydrogen (secondary N) is 2. The van der Waals surface area contributed by atoms with Crippen LogP contribution in [0.4, 0.5) is 14.5 Å². The molecule has 0 radical (unpaired) electrons. The fourth-order valence-electron chi connectivity index (χ4n) is 2.82. The third-order valence-electron chi connectivity index (χ3n) is 4.11. The molecule has 1 amide bonds. The molecule has 2 aromatic carbocycles. The summed E-state index contributed by atoms with van der Waals surface area (Å²) in [5.41, 5.74) is 1.80. The Morgan fingerprint density at radius 2 is 1.75 bits per heavy atom. The van der Waals surface area contributed by atoms with Gasteiger partial charge in [0.1, 0.15) is 5.75 Å². The van der Waals surface area contributed by atoms with Crippen molar-refractivity contribution in [2.24, 2.45) is 0 Å². The number of amides is 1. The molecular formula is C20H18F2N2O4. The van der Waals surface area contributed by atoms with E-state index in [1.807, 2.05) is 12.1 Å². The van der Waals surface area contributed by atoms with E-state index < -0.39 is 24.6 Å². The van der Waals surface area contributed by atoms with Gasteiger partial charge < -0.3 is 19.8 Å². The number of hydrogen-bond acceptors (Lipinski definition) is 4. The molecular weight excluding hydrogens is 370 g/mol. The molecule has 28 heavy (non-hydrogen) atoms. The molecule has 3 rings (SSSR count). The van der Waals surface area contributed by atoms with Crippen molar-refractivity contribution in [2.45, 2.75) is 26.6 Å². The summed E-state index contributed by atoms with van der Waals surface area (Å²) in [5, 5.41) is 3.12. The number of carbonyl (C=O) groups excluding carboxylic acids is 2. The lowest BCUT2D eigenvalue weighted by Crippen LogP contribution is -2.30. The van der Waals surface area contributed by atoms with Crippen LogP contribution >= 0.6 is 0 Å². The number of aryl methyl sites for hydroxylation is 1.